The van der Waals surface area contributed by atoms with Gasteiger partial charge in [-0.05, 0) is 18.2 Å². The number of ether oxygens (including phenoxy) is 1. The molecule has 2 rings (SSSR count). The van der Waals surface area contributed by atoms with E-state index in [1.165, 1.54) is 11.3 Å². The first-order chi connectivity index (χ1) is 6.35. The molecule has 1 aromatic heterocycles. The van der Waals surface area contributed by atoms with E-state index < -0.39 is 0 Å². The number of carbonyl (C=O) groups excluding carboxylic acids is 1. The molecule has 0 radical (unpaired) electrons. The fraction of sp³-hybridized carbons (Fsp3) is 0.100. The maximum atomic E-state index is 10.5. The largest absolute Gasteiger partial charge is 0.496 e. The van der Waals surface area contributed by atoms with Gasteiger partial charge in [-0.25, -0.2) is 0 Å². The lowest BCUT2D eigenvalue weighted by atomic mass is 10.2. The summed E-state index contributed by atoms with van der Waals surface area (Å²) in [6, 6.07) is 7.65. The molecule has 0 amide bonds. The number of hydrogen-bond acceptors (Lipinski definition) is 3. The van der Waals surface area contributed by atoms with Gasteiger partial charge in [0.25, 0.3) is 0 Å². The summed E-state index contributed by atoms with van der Waals surface area (Å²) in [5.74, 6) is 0.821. The van der Waals surface area contributed by atoms with E-state index in [1.54, 1.807) is 7.11 Å². The van der Waals surface area contributed by atoms with Crippen LogP contribution in [0, 0.1) is 0 Å². The van der Waals surface area contributed by atoms with Gasteiger partial charge in [-0.2, -0.15) is 0 Å². The topological polar surface area (TPSA) is 26.3 Å². The Labute approximate surface area is 79.8 Å². The van der Waals surface area contributed by atoms with E-state index in [-0.39, 0.29) is 0 Å². The summed E-state index contributed by atoms with van der Waals surface area (Å²) in [5.41, 5.74) is 0. The minimum atomic E-state index is 0.736. The Balaban J connectivity index is 2.74. The summed E-state index contributed by atoms with van der Waals surface area (Å²) in [4.78, 5) is 11.3. The molecule has 66 valence electrons. The standard InChI is InChI=1S/C10H8O2S/c1-12-9-3-2-4-10-8(9)5-7(6-11)13-10/h2-6H,1H3. The zero-order chi connectivity index (χ0) is 9.26. The highest BCUT2D eigenvalue weighted by Crippen LogP contribution is 2.31. The molecule has 0 N–H and O–H groups in total. The Morgan fingerprint density at radius 3 is 3.00 bits per heavy atom. The predicted molar refractivity (Wildman–Crippen MR) is 53.8 cm³/mol. The van der Waals surface area contributed by atoms with Crippen molar-refractivity contribution in [3.63, 3.8) is 0 Å². The van der Waals surface area contributed by atoms with Crippen LogP contribution in [0.2, 0.25) is 0 Å². The molecule has 0 bridgehead atoms. The van der Waals surface area contributed by atoms with Gasteiger partial charge < -0.3 is 4.74 Å². The highest BCUT2D eigenvalue weighted by atomic mass is 32.1. The highest BCUT2D eigenvalue weighted by Gasteiger charge is 2.04. The number of fused-ring (bicyclic) bond motifs is 1. The molecule has 0 unspecified atom stereocenters. The third-order valence-corrected chi connectivity index (χ3v) is 2.90. The van der Waals surface area contributed by atoms with Crippen LogP contribution in [0.1, 0.15) is 9.67 Å². The second-order valence-corrected chi connectivity index (χ2v) is 3.75. The Kier molecular flexibility index (Phi) is 2.02. The minimum Gasteiger partial charge on any atom is -0.496 e. The second kappa shape index (κ2) is 3.18. The van der Waals surface area contributed by atoms with Gasteiger partial charge in [-0.3, -0.25) is 4.79 Å². The second-order valence-electron chi connectivity index (χ2n) is 2.64. The molecule has 0 fully saturated rings. The van der Waals surface area contributed by atoms with Gasteiger partial charge >= 0.3 is 0 Å². The van der Waals surface area contributed by atoms with Crippen molar-refractivity contribution in [2.45, 2.75) is 0 Å². The van der Waals surface area contributed by atoms with Crippen molar-refractivity contribution in [1.82, 2.24) is 0 Å². The lowest BCUT2D eigenvalue weighted by Gasteiger charge is -1.99. The Bertz CT molecular complexity index is 445. The molecule has 0 aliphatic rings. The third kappa shape index (κ3) is 1.31. The van der Waals surface area contributed by atoms with Crippen LogP contribution in [0.15, 0.2) is 24.3 Å². The molecule has 0 saturated carbocycles. The number of benzene rings is 1. The van der Waals surface area contributed by atoms with Crippen LogP contribution in [0.25, 0.3) is 10.1 Å². The monoisotopic (exact) mass is 192 g/mol. The van der Waals surface area contributed by atoms with Crippen molar-refractivity contribution in [2.24, 2.45) is 0 Å². The average Bonchev–Trinajstić information content (AvgIpc) is 2.59. The van der Waals surface area contributed by atoms with Crippen molar-refractivity contribution < 1.29 is 9.53 Å². The van der Waals surface area contributed by atoms with Crippen LogP contribution in [-0.2, 0) is 0 Å². The first-order valence-corrected chi connectivity index (χ1v) is 4.68. The van der Waals surface area contributed by atoms with Crippen LogP contribution < -0.4 is 4.74 Å². The smallest absolute Gasteiger partial charge is 0.160 e. The van der Waals surface area contributed by atoms with Crippen LogP contribution in [0.5, 0.6) is 5.75 Å². The van der Waals surface area contributed by atoms with Crippen LogP contribution in [0.4, 0.5) is 0 Å². The number of aldehydes is 1. The van der Waals surface area contributed by atoms with Crippen LogP contribution in [-0.4, -0.2) is 13.4 Å². The molecular weight excluding hydrogens is 184 g/mol. The van der Waals surface area contributed by atoms with Gasteiger partial charge in [0.1, 0.15) is 5.75 Å². The lowest BCUT2D eigenvalue weighted by molar-refractivity contribution is 0.112. The van der Waals surface area contributed by atoms with Gasteiger partial charge in [0, 0.05) is 10.1 Å². The van der Waals surface area contributed by atoms with Crippen LogP contribution in [0.3, 0.4) is 0 Å². The van der Waals surface area contributed by atoms with Crippen molar-refractivity contribution >= 4 is 27.7 Å². The molecule has 2 aromatic rings. The summed E-state index contributed by atoms with van der Waals surface area (Å²) in [6.07, 6.45) is 0.865. The van der Waals surface area contributed by atoms with E-state index in [1.807, 2.05) is 24.3 Å². The Hall–Kier alpha value is -1.35. The number of methoxy groups -OCH3 is 1. The molecule has 0 spiro atoms. The van der Waals surface area contributed by atoms with Crippen molar-refractivity contribution in [2.75, 3.05) is 7.11 Å². The summed E-state index contributed by atoms with van der Waals surface area (Å²) in [5, 5.41) is 1.01. The van der Waals surface area contributed by atoms with E-state index in [9.17, 15) is 4.79 Å². The molecule has 13 heavy (non-hydrogen) atoms. The van der Waals surface area contributed by atoms with E-state index in [4.69, 9.17) is 4.74 Å². The summed E-state index contributed by atoms with van der Waals surface area (Å²) >= 11 is 1.48. The van der Waals surface area contributed by atoms with Crippen molar-refractivity contribution in [3.05, 3.63) is 29.1 Å². The first-order valence-electron chi connectivity index (χ1n) is 3.87. The fourth-order valence-corrected chi connectivity index (χ4v) is 2.18. The Morgan fingerprint density at radius 1 is 1.46 bits per heavy atom. The molecular formula is C10H8O2S. The zero-order valence-electron chi connectivity index (χ0n) is 7.11. The van der Waals surface area contributed by atoms with E-state index in [0.29, 0.717) is 0 Å². The molecule has 0 aliphatic carbocycles. The van der Waals surface area contributed by atoms with Gasteiger partial charge in [0.05, 0.1) is 12.0 Å². The molecule has 1 heterocycles. The van der Waals surface area contributed by atoms with E-state index in [0.717, 1.165) is 27.0 Å². The summed E-state index contributed by atoms with van der Waals surface area (Å²) in [6.45, 7) is 0. The normalized spacial score (nSPS) is 10.2. The molecule has 2 nitrogen and oxygen atoms in total. The average molecular weight is 192 g/mol. The third-order valence-electron chi connectivity index (χ3n) is 1.88. The quantitative estimate of drug-likeness (QED) is 0.684. The van der Waals surface area contributed by atoms with E-state index >= 15 is 0 Å². The zero-order valence-corrected chi connectivity index (χ0v) is 7.93. The lowest BCUT2D eigenvalue weighted by Crippen LogP contribution is -1.81. The maximum Gasteiger partial charge on any atom is 0.160 e. The first kappa shape index (κ1) is 8.26. The van der Waals surface area contributed by atoms with Crippen molar-refractivity contribution in [1.29, 1.82) is 0 Å². The predicted octanol–water partition coefficient (Wildman–Crippen LogP) is 2.72. The highest BCUT2D eigenvalue weighted by molar-refractivity contribution is 7.20. The molecule has 0 aliphatic heterocycles. The number of hydrogen-bond donors (Lipinski definition) is 0. The molecule has 3 heteroatoms. The number of carbonyl (C=O) groups is 1. The Morgan fingerprint density at radius 2 is 2.31 bits per heavy atom. The van der Waals surface area contributed by atoms with E-state index in [2.05, 4.69) is 0 Å². The SMILES string of the molecule is COc1cccc2sc(C=O)cc12. The van der Waals surface area contributed by atoms with Gasteiger partial charge in [0.2, 0.25) is 0 Å². The molecule has 0 saturated heterocycles. The molecule has 0 atom stereocenters. The van der Waals surface area contributed by atoms with Crippen molar-refractivity contribution in [3.8, 4) is 5.75 Å². The maximum absolute atomic E-state index is 10.5. The molecule has 1 aromatic carbocycles. The number of thiophene rings is 1. The van der Waals surface area contributed by atoms with Gasteiger partial charge in [-0.1, -0.05) is 6.07 Å². The summed E-state index contributed by atoms with van der Waals surface area (Å²) in [7, 11) is 1.63. The van der Waals surface area contributed by atoms with Gasteiger partial charge in [-0.15, -0.1) is 11.3 Å². The minimum absolute atomic E-state index is 0.736. The van der Waals surface area contributed by atoms with Crippen LogP contribution >= 0.6 is 11.3 Å². The number of rotatable bonds is 2. The summed E-state index contributed by atoms with van der Waals surface area (Å²) < 4.78 is 6.26. The fourth-order valence-electron chi connectivity index (χ4n) is 1.29. The van der Waals surface area contributed by atoms with Gasteiger partial charge in [0.15, 0.2) is 6.29 Å².